The molecule has 0 saturated carbocycles. The number of carboxylic acids is 1. The summed E-state index contributed by atoms with van der Waals surface area (Å²) in [5.74, 6) is -2.11. The van der Waals surface area contributed by atoms with E-state index >= 15 is 0 Å². The highest BCUT2D eigenvalue weighted by molar-refractivity contribution is 5.89. The molecular weight excluding hydrogens is 302 g/mol. The molecule has 0 aliphatic rings. The molecule has 3 nitrogen and oxygen atoms in total. The van der Waals surface area contributed by atoms with Crippen molar-refractivity contribution >= 4 is 17.9 Å². The van der Waals surface area contributed by atoms with Gasteiger partial charge in [-0.25, -0.2) is 9.18 Å². The van der Waals surface area contributed by atoms with Crippen molar-refractivity contribution in [1.29, 1.82) is 0 Å². The Morgan fingerprint density at radius 1 is 1.09 bits per heavy atom. The second-order valence-corrected chi connectivity index (χ2v) is 4.34. The normalized spacial score (nSPS) is 11.8. The fraction of sp³-hybridized carbons (Fsp3) is 0.0667. The minimum absolute atomic E-state index is 0.0508. The van der Waals surface area contributed by atoms with Crippen molar-refractivity contribution in [2.24, 2.45) is 4.99 Å². The topological polar surface area (TPSA) is 49.7 Å². The zero-order valence-electron chi connectivity index (χ0n) is 10.9. The Morgan fingerprint density at radius 3 is 2.27 bits per heavy atom. The summed E-state index contributed by atoms with van der Waals surface area (Å²) in [6, 6.07) is 7.61. The third kappa shape index (κ3) is 3.69. The van der Waals surface area contributed by atoms with Crippen molar-refractivity contribution in [3.05, 3.63) is 65.0 Å². The van der Waals surface area contributed by atoms with E-state index in [2.05, 4.69) is 4.99 Å². The summed E-state index contributed by atoms with van der Waals surface area (Å²) in [5, 5.41) is 8.74. The smallest absolute Gasteiger partial charge is 0.418 e. The van der Waals surface area contributed by atoms with E-state index in [9.17, 15) is 22.4 Å². The maximum atomic E-state index is 13.0. The Balaban J connectivity index is 2.32. The Labute approximate surface area is 122 Å². The number of aliphatic imine (C=N–C) groups is 1. The summed E-state index contributed by atoms with van der Waals surface area (Å²) in [6.45, 7) is 0. The second kappa shape index (κ2) is 5.97. The highest BCUT2D eigenvalue weighted by Gasteiger charge is 2.33. The van der Waals surface area contributed by atoms with E-state index in [-0.39, 0.29) is 5.56 Å². The number of alkyl halides is 3. The monoisotopic (exact) mass is 311 g/mol. The van der Waals surface area contributed by atoms with Crippen LogP contribution in [0.5, 0.6) is 0 Å². The van der Waals surface area contributed by atoms with Gasteiger partial charge in [0.25, 0.3) is 0 Å². The van der Waals surface area contributed by atoms with Crippen LogP contribution >= 0.6 is 0 Å². The predicted octanol–water partition coefficient (Wildman–Crippen LogP) is 4.29. The summed E-state index contributed by atoms with van der Waals surface area (Å²) >= 11 is 0. The first-order chi connectivity index (χ1) is 10.3. The van der Waals surface area contributed by atoms with Gasteiger partial charge in [0.05, 0.1) is 16.8 Å². The first kappa shape index (κ1) is 15.7. The van der Waals surface area contributed by atoms with E-state index < -0.39 is 29.2 Å². The van der Waals surface area contributed by atoms with E-state index in [1.54, 1.807) is 0 Å². The summed E-state index contributed by atoms with van der Waals surface area (Å²) in [6.07, 6.45) is -3.57. The molecule has 0 saturated heterocycles. The van der Waals surface area contributed by atoms with Gasteiger partial charge >= 0.3 is 12.1 Å². The molecule has 0 bridgehead atoms. The van der Waals surface area contributed by atoms with Crippen LogP contribution in [0.4, 0.5) is 23.2 Å². The van der Waals surface area contributed by atoms with Crippen LogP contribution in [0.25, 0.3) is 0 Å². The van der Waals surface area contributed by atoms with E-state index in [1.165, 1.54) is 24.3 Å². The van der Waals surface area contributed by atoms with Gasteiger partial charge in [0, 0.05) is 6.21 Å². The minimum atomic E-state index is -4.72. The van der Waals surface area contributed by atoms with Gasteiger partial charge in [0.15, 0.2) is 0 Å². The molecule has 0 amide bonds. The van der Waals surface area contributed by atoms with E-state index in [0.29, 0.717) is 11.6 Å². The highest BCUT2D eigenvalue weighted by Crippen LogP contribution is 2.36. The standard InChI is InChI=1S/C15H9F4NO2/c16-11-5-6-13(12(7-11)15(17,18)19)20-8-9-1-3-10(4-2-9)14(21)22/h1-8H,(H,21,22). The third-order valence-electron chi connectivity index (χ3n) is 2.77. The number of nitrogens with zero attached hydrogens (tertiary/aromatic N) is 1. The van der Waals surface area contributed by atoms with Crippen molar-refractivity contribution in [3.63, 3.8) is 0 Å². The molecule has 0 aliphatic heterocycles. The molecule has 114 valence electrons. The molecule has 0 atom stereocenters. The molecule has 0 spiro atoms. The first-order valence-electron chi connectivity index (χ1n) is 6.01. The summed E-state index contributed by atoms with van der Waals surface area (Å²) in [4.78, 5) is 14.4. The molecule has 0 heterocycles. The number of carboxylic acid groups (broad SMARTS) is 1. The Kier molecular flexibility index (Phi) is 4.25. The van der Waals surface area contributed by atoms with Crippen molar-refractivity contribution in [2.45, 2.75) is 6.18 Å². The van der Waals surface area contributed by atoms with Crippen molar-refractivity contribution in [1.82, 2.24) is 0 Å². The van der Waals surface area contributed by atoms with Gasteiger partial charge < -0.3 is 5.11 Å². The molecule has 7 heteroatoms. The van der Waals surface area contributed by atoms with Crippen LogP contribution < -0.4 is 0 Å². The fourth-order valence-electron chi connectivity index (χ4n) is 1.70. The molecule has 1 N–H and O–H groups in total. The van der Waals surface area contributed by atoms with Crippen molar-refractivity contribution in [2.75, 3.05) is 0 Å². The summed E-state index contributed by atoms with van der Waals surface area (Å²) in [5.41, 5.74) is -1.13. The zero-order valence-corrected chi connectivity index (χ0v) is 10.9. The van der Waals surface area contributed by atoms with Crippen molar-refractivity contribution in [3.8, 4) is 0 Å². The van der Waals surface area contributed by atoms with Gasteiger partial charge in [-0.05, 0) is 35.9 Å². The van der Waals surface area contributed by atoms with Crippen LogP contribution in [0.15, 0.2) is 47.5 Å². The number of carbonyl (C=O) groups is 1. The number of hydrogen-bond donors (Lipinski definition) is 1. The Bertz CT molecular complexity index is 721. The van der Waals surface area contributed by atoms with Crippen LogP contribution in [0.2, 0.25) is 0 Å². The van der Waals surface area contributed by atoms with Crippen LogP contribution in [0.3, 0.4) is 0 Å². The Morgan fingerprint density at radius 2 is 1.73 bits per heavy atom. The molecule has 2 aromatic rings. The quantitative estimate of drug-likeness (QED) is 0.679. The third-order valence-corrected chi connectivity index (χ3v) is 2.77. The molecular formula is C15H9F4NO2. The molecule has 22 heavy (non-hydrogen) atoms. The number of benzene rings is 2. The molecule has 0 aliphatic carbocycles. The van der Waals surface area contributed by atoms with E-state index in [1.807, 2.05) is 0 Å². The predicted molar refractivity (Wildman–Crippen MR) is 72.1 cm³/mol. The lowest BCUT2D eigenvalue weighted by molar-refractivity contribution is -0.137. The van der Waals surface area contributed by atoms with Crippen LogP contribution in [0, 0.1) is 5.82 Å². The van der Waals surface area contributed by atoms with Crippen LogP contribution in [-0.2, 0) is 6.18 Å². The second-order valence-electron chi connectivity index (χ2n) is 4.34. The van der Waals surface area contributed by atoms with Crippen LogP contribution in [0.1, 0.15) is 21.5 Å². The largest absolute Gasteiger partial charge is 0.478 e. The maximum absolute atomic E-state index is 13.0. The summed E-state index contributed by atoms with van der Waals surface area (Å²) < 4.78 is 51.3. The van der Waals surface area contributed by atoms with Crippen LogP contribution in [-0.4, -0.2) is 17.3 Å². The lowest BCUT2D eigenvalue weighted by Crippen LogP contribution is -2.05. The number of aromatic carboxylic acids is 1. The molecule has 0 radical (unpaired) electrons. The lowest BCUT2D eigenvalue weighted by Gasteiger charge is -2.09. The molecule has 0 unspecified atom stereocenters. The number of rotatable bonds is 3. The number of halogens is 4. The van der Waals surface area contributed by atoms with Gasteiger partial charge in [0.2, 0.25) is 0 Å². The van der Waals surface area contributed by atoms with Crippen molar-refractivity contribution < 1.29 is 27.5 Å². The SMILES string of the molecule is O=C(O)c1ccc(C=Nc2ccc(F)cc2C(F)(F)F)cc1. The molecule has 2 rings (SSSR count). The number of hydrogen-bond acceptors (Lipinski definition) is 2. The maximum Gasteiger partial charge on any atom is 0.418 e. The average Bonchev–Trinajstić information content (AvgIpc) is 2.45. The molecule has 2 aromatic carbocycles. The lowest BCUT2D eigenvalue weighted by atomic mass is 10.1. The minimum Gasteiger partial charge on any atom is -0.478 e. The molecule has 0 fully saturated rings. The highest BCUT2D eigenvalue weighted by atomic mass is 19.4. The summed E-state index contributed by atoms with van der Waals surface area (Å²) in [7, 11) is 0. The fourth-order valence-corrected chi connectivity index (χ4v) is 1.70. The van der Waals surface area contributed by atoms with Gasteiger partial charge in [-0.2, -0.15) is 13.2 Å². The van der Waals surface area contributed by atoms with Gasteiger partial charge in [-0.1, -0.05) is 12.1 Å². The first-order valence-corrected chi connectivity index (χ1v) is 6.01. The van der Waals surface area contributed by atoms with Gasteiger partial charge in [-0.15, -0.1) is 0 Å². The zero-order chi connectivity index (χ0) is 16.3. The Hall–Kier alpha value is -2.70. The van der Waals surface area contributed by atoms with E-state index in [0.717, 1.165) is 18.3 Å². The van der Waals surface area contributed by atoms with E-state index in [4.69, 9.17) is 5.11 Å². The molecule has 0 aromatic heterocycles. The van der Waals surface area contributed by atoms with Gasteiger partial charge in [0.1, 0.15) is 5.82 Å². The average molecular weight is 311 g/mol. The van der Waals surface area contributed by atoms with Gasteiger partial charge in [-0.3, -0.25) is 4.99 Å².